The summed E-state index contributed by atoms with van der Waals surface area (Å²) < 4.78 is 0. The molecule has 3 amide bonds. The maximum atomic E-state index is 12.7. The summed E-state index contributed by atoms with van der Waals surface area (Å²) in [7, 11) is 0. The van der Waals surface area contributed by atoms with Crippen molar-refractivity contribution in [3.05, 3.63) is 82.1 Å². The zero-order valence-corrected chi connectivity index (χ0v) is 16.0. The first kappa shape index (κ1) is 18.2. The van der Waals surface area contributed by atoms with Crippen molar-refractivity contribution in [2.75, 3.05) is 6.54 Å². The second kappa shape index (κ2) is 7.44. The highest BCUT2D eigenvalue weighted by atomic mass is 35.5. The number of rotatable bonds is 4. The molecule has 2 heterocycles. The quantitative estimate of drug-likeness (QED) is 0.409. The van der Waals surface area contributed by atoms with Crippen molar-refractivity contribution in [2.45, 2.75) is 13.3 Å². The number of aryl methyl sites for hydroxylation is 1. The summed E-state index contributed by atoms with van der Waals surface area (Å²) in [5, 5.41) is 3.84. The zero-order chi connectivity index (χ0) is 19.7. The highest BCUT2D eigenvalue weighted by molar-refractivity contribution is 6.31. The zero-order valence-electron chi connectivity index (χ0n) is 15.3. The molecule has 1 N–H and O–H groups in total. The number of carbonyl (C=O) groups excluding carboxylic acids is 2. The Hall–Kier alpha value is -3.18. The van der Waals surface area contributed by atoms with Crippen LogP contribution < -0.4 is 5.32 Å². The van der Waals surface area contributed by atoms with Crippen LogP contribution >= 0.6 is 11.6 Å². The van der Waals surface area contributed by atoms with Crippen LogP contribution in [0.3, 0.4) is 0 Å². The number of urea groups is 1. The Balaban J connectivity index is 1.57. The van der Waals surface area contributed by atoms with E-state index in [-0.39, 0.29) is 16.8 Å². The van der Waals surface area contributed by atoms with Crippen molar-refractivity contribution >= 4 is 40.5 Å². The van der Waals surface area contributed by atoms with Gasteiger partial charge in [-0.15, -0.1) is 0 Å². The summed E-state index contributed by atoms with van der Waals surface area (Å²) in [5.41, 5.74) is 3.74. The summed E-state index contributed by atoms with van der Waals surface area (Å²) in [6.45, 7) is 2.30. The van der Waals surface area contributed by atoms with Crippen LogP contribution in [0.4, 0.5) is 4.79 Å². The number of nitrogens with one attached hydrogen (secondary N) is 1. The maximum absolute atomic E-state index is 12.7. The van der Waals surface area contributed by atoms with Gasteiger partial charge >= 0.3 is 6.03 Å². The lowest BCUT2D eigenvalue weighted by molar-refractivity contribution is -0.122. The maximum Gasteiger partial charge on any atom is 0.329 e. The molecule has 0 radical (unpaired) electrons. The fraction of sp³-hybridized carbons (Fsp3) is 0.136. The normalized spacial score (nSPS) is 15.5. The molecule has 0 atom stereocenters. The van der Waals surface area contributed by atoms with Gasteiger partial charge in [-0.05, 0) is 42.7 Å². The molecule has 4 rings (SSSR count). The lowest BCUT2D eigenvalue weighted by Crippen LogP contribution is -2.32. The van der Waals surface area contributed by atoms with Gasteiger partial charge < -0.3 is 5.32 Å². The molecule has 5 nitrogen and oxygen atoms in total. The first-order valence-electron chi connectivity index (χ1n) is 8.96. The molecule has 0 bridgehead atoms. The molecule has 0 spiro atoms. The van der Waals surface area contributed by atoms with Gasteiger partial charge in [0.1, 0.15) is 10.9 Å². The molecule has 140 valence electrons. The van der Waals surface area contributed by atoms with E-state index in [4.69, 9.17) is 11.6 Å². The second-order valence-corrected chi connectivity index (χ2v) is 7.10. The number of halogens is 1. The summed E-state index contributed by atoms with van der Waals surface area (Å²) in [4.78, 5) is 30.5. The van der Waals surface area contributed by atoms with E-state index < -0.39 is 6.03 Å². The predicted octanol–water partition coefficient (Wildman–Crippen LogP) is 4.33. The number of carbonyl (C=O) groups is 2. The van der Waals surface area contributed by atoms with Crippen LogP contribution in [0, 0.1) is 6.92 Å². The lowest BCUT2D eigenvalue weighted by atomic mass is 10.1. The molecule has 1 saturated heterocycles. The van der Waals surface area contributed by atoms with E-state index in [1.807, 2.05) is 61.5 Å². The van der Waals surface area contributed by atoms with Crippen LogP contribution in [0.25, 0.3) is 17.0 Å². The fourth-order valence-electron chi connectivity index (χ4n) is 3.19. The van der Waals surface area contributed by atoms with Crippen molar-refractivity contribution in [1.29, 1.82) is 0 Å². The van der Waals surface area contributed by atoms with Gasteiger partial charge in [0.2, 0.25) is 0 Å². The van der Waals surface area contributed by atoms with Crippen LogP contribution in [-0.2, 0) is 11.2 Å². The molecule has 1 aliphatic rings. The number of fused-ring (bicyclic) bond motifs is 1. The molecular formula is C22H18ClN3O2. The summed E-state index contributed by atoms with van der Waals surface area (Å²) in [6.07, 6.45) is 2.18. The number of hydrogen-bond acceptors (Lipinski definition) is 3. The Kier molecular flexibility index (Phi) is 4.84. The van der Waals surface area contributed by atoms with Gasteiger partial charge in [0, 0.05) is 17.5 Å². The number of amides is 3. The Bertz CT molecular complexity index is 1110. The van der Waals surface area contributed by atoms with Gasteiger partial charge in [-0.2, -0.15) is 0 Å². The largest absolute Gasteiger partial charge is 0.329 e. The third-order valence-electron chi connectivity index (χ3n) is 4.68. The number of imide groups is 1. The number of benzene rings is 2. The van der Waals surface area contributed by atoms with E-state index in [1.165, 1.54) is 4.90 Å². The SMILES string of the molecule is Cc1ccc2cc(/C=C3\NC(=O)N(CCc4ccccc4)C3=O)c(Cl)nc2c1. The second-order valence-electron chi connectivity index (χ2n) is 6.75. The number of hydrogen-bond donors (Lipinski definition) is 1. The topological polar surface area (TPSA) is 62.3 Å². The molecule has 0 saturated carbocycles. The summed E-state index contributed by atoms with van der Waals surface area (Å²) in [6, 6.07) is 17.1. The molecular weight excluding hydrogens is 374 g/mol. The first-order chi connectivity index (χ1) is 13.5. The van der Waals surface area contributed by atoms with Gasteiger partial charge in [-0.25, -0.2) is 9.78 Å². The van der Waals surface area contributed by atoms with Crippen molar-refractivity contribution in [1.82, 2.24) is 15.2 Å². The summed E-state index contributed by atoms with van der Waals surface area (Å²) in [5.74, 6) is -0.360. The Morgan fingerprint density at radius 2 is 1.89 bits per heavy atom. The highest BCUT2D eigenvalue weighted by Gasteiger charge is 2.33. The number of pyridine rings is 1. The van der Waals surface area contributed by atoms with Gasteiger partial charge in [-0.3, -0.25) is 9.69 Å². The third-order valence-corrected chi connectivity index (χ3v) is 4.99. The number of nitrogens with zero attached hydrogens (tertiary/aromatic N) is 2. The van der Waals surface area contributed by atoms with Crippen LogP contribution in [0.1, 0.15) is 16.7 Å². The average Bonchev–Trinajstić information content (AvgIpc) is 2.94. The Morgan fingerprint density at radius 3 is 2.68 bits per heavy atom. The first-order valence-corrected chi connectivity index (χ1v) is 9.34. The van der Waals surface area contributed by atoms with Gasteiger partial charge in [0.15, 0.2) is 0 Å². The minimum absolute atomic E-state index is 0.202. The smallest absolute Gasteiger partial charge is 0.303 e. The minimum atomic E-state index is -0.423. The van der Waals surface area contributed by atoms with E-state index in [0.717, 1.165) is 22.0 Å². The molecule has 1 aliphatic heterocycles. The molecule has 1 fully saturated rings. The van der Waals surface area contributed by atoms with Crippen molar-refractivity contribution in [2.24, 2.45) is 0 Å². The Morgan fingerprint density at radius 1 is 1.11 bits per heavy atom. The average molecular weight is 392 g/mol. The van der Waals surface area contributed by atoms with Crippen molar-refractivity contribution in [3.63, 3.8) is 0 Å². The van der Waals surface area contributed by atoms with Gasteiger partial charge in [0.25, 0.3) is 5.91 Å². The lowest BCUT2D eigenvalue weighted by Gasteiger charge is -2.11. The van der Waals surface area contributed by atoms with E-state index in [2.05, 4.69) is 10.3 Å². The Labute approximate surface area is 167 Å². The van der Waals surface area contributed by atoms with Crippen molar-refractivity contribution < 1.29 is 9.59 Å². The molecule has 3 aromatic rings. The standard InChI is InChI=1S/C22H18ClN3O2/c1-14-7-8-16-12-17(20(23)24-18(16)11-14)13-19-21(27)26(22(28)25-19)10-9-15-5-3-2-4-6-15/h2-8,11-13H,9-10H2,1H3,(H,25,28)/b19-13-. The van der Waals surface area contributed by atoms with Gasteiger partial charge in [0.05, 0.1) is 5.52 Å². The van der Waals surface area contributed by atoms with Crippen LogP contribution in [0.5, 0.6) is 0 Å². The van der Waals surface area contributed by atoms with Crippen LogP contribution in [0.15, 0.2) is 60.3 Å². The third kappa shape index (κ3) is 3.62. The summed E-state index contributed by atoms with van der Waals surface area (Å²) >= 11 is 6.30. The van der Waals surface area contributed by atoms with E-state index in [1.54, 1.807) is 6.08 Å². The van der Waals surface area contributed by atoms with Crippen LogP contribution in [0.2, 0.25) is 5.15 Å². The highest BCUT2D eigenvalue weighted by Crippen LogP contribution is 2.24. The molecule has 1 aromatic heterocycles. The van der Waals surface area contributed by atoms with E-state index >= 15 is 0 Å². The van der Waals surface area contributed by atoms with Gasteiger partial charge in [-0.1, -0.05) is 54.1 Å². The minimum Gasteiger partial charge on any atom is -0.303 e. The molecule has 0 unspecified atom stereocenters. The van der Waals surface area contributed by atoms with E-state index in [9.17, 15) is 9.59 Å². The fourth-order valence-corrected chi connectivity index (χ4v) is 3.39. The van der Waals surface area contributed by atoms with Crippen molar-refractivity contribution in [3.8, 4) is 0 Å². The number of aromatic nitrogens is 1. The van der Waals surface area contributed by atoms with Crippen LogP contribution in [-0.4, -0.2) is 28.4 Å². The monoisotopic (exact) mass is 391 g/mol. The molecule has 0 aliphatic carbocycles. The van der Waals surface area contributed by atoms with E-state index in [0.29, 0.717) is 18.5 Å². The molecule has 28 heavy (non-hydrogen) atoms. The predicted molar refractivity (Wildman–Crippen MR) is 110 cm³/mol. The molecule has 2 aromatic carbocycles. The molecule has 6 heteroatoms.